The summed E-state index contributed by atoms with van der Waals surface area (Å²) in [4.78, 5) is 41.6. The average Bonchev–Trinajstić information content (AvgIpc) is 3.79. The normalized spacial score (nSPS) is 29.9. The van der Waals surface area contributed by atoms with E-state index >= 15 is 0 Å². The summed E-state index contributed by atoms with van der Waals surface area (Å²) in [5, 5.41) is 42.7. The van der Waals surface area contributed by atoms with Crippen LogP contribution in [-0.4, -0.2) is 95.8 Å². The molecular weight excluding hydrogens is 674 g/mol. The predicted octanol–water partition coefficient (Wildman–Crippen LogP) is 3.80. The zero-order valence-electron chi connectivity index (χ0n) is 31.0. The van der Waals surface area contributed by atoms with Crippen LogP contribution in [0.25, 0.3) is 6.08 Å². The molecule has 0 spiro atoms. The molecule has 2 fully saturated rings. The van der Waals surface area contributed by atoms with Crippen LogP contribution >= 0.6 is 0 Å². The lowest BCUT2D eigenvalue weighted by molar-refractivity contribution is -0.156. The Balaban J connectivity index is 1.36. The Hall–Kier alpha value is -4.85. The van der Waals surface area contributed by atoms with Crippen LogP contribution in [0.2, 0.25) is 0 Å². The number of allylic oxidation sites excluding steroid dienone is 1. The van der Waals surface area contributed by atoms with Crippen molar-refractivity contribution in [2.75, 3.05) is 37.5 Å². The summed E-state index contributed by atoms with van der Waals surface area (Å²) in [5.74, 6) is -0.0189. The van der Waals surface area contributed by atoms with Crippen LogP contribution in [0.4, 0.5) is 11.5 Å². The number of benzene rings is 1. The summed E-state index contributed by atoms with van der Waals surface area (Å²) in [6, 6.07) is 9.22. The summed E-state index contributed by atoms with van der Waals surface area (Å²) >= 11 is 0. The van der Waals surface area contributed by atoms with Gasteiger partial charge in [-0.2, -0.15) is 0 Å². The number of carbonyl (C=O) groups is 2. The van der Waals surface area contributed by atoms with E-state index in [9.17, 15) is 24.9 Å². The Bertz CT molecular complexity index is 1860. The number of nitrogens with one attached hydrogen (secondary N) is 3. The number of carbonyl (C=O) groups excluding carboxylic acids is 2. The molecule has 1 aromatic carbocycles. The lowest BCUT2D eigenvalue weighted by Gasteiger charge is -2.62. The van der Waals surface area contributed by atoms with Gasteiger partial charge in [0.1, 0.15) is 17.3 Å². The summed E-state index contributed by atoms with van der Waals surface area (Å²) in [7, 11) is 3.77. The smallest absolute Gasteiger partial charge is 0.341 e. The zero-order valence-corrected chi connectivity index (χ0v) is 31.0. The maximum Gasteiger partial charge on any atom is 0.341 e. The number of hydrogen-bond acceptors (Lipinski definition) is 12. The Morgan fingerprint density at radius 3 is 2.68 bits per heavy atom. The lowest BCUT2D eigenvalue weighted by Crippen LogP contribution is -2.62. The molecule has 13 nitrogen and oxygen atoms in total. The number of nitrogens with zero attached hydrogens (tertiary/aromatic N) is 4. The highest BCUT2D eigenvalue weighted by molar-refractivity contribution is 6.04. The van der Waals surface area contributed by atoms with Crippen LogP contribution in [0.5, 0.6) is 5.75 Å². The van der Waals surface area contributed by atoms with E-state index in [1.807, 2.05) is 50.2 Å². The summed E-state index contributed by atoms with van der Waals surface area (Å²) in [5.41, 5.74) is 1.34. The largest absolute Gasteiger partial charge is 0.507 e. The van der Waals surface area contributed by atoms with Gasteiger partial charge < -0.3 is 30.3 Å². The van der Waals surface area contributed by atoms with Crippen LogP contribution < -0.4 is 20.9 Å². The Kier molecular flexibility index (Phi) is 10.9. The van der Waals surface area contributed by atoms with E-state index in [1.165, 1.54) is 0 Å². The number of phenolic OH excluding ortho intramolecular Hbond substituents is 1. The number of fused-ring (bicyclic) bond motifs is 1. The van der Waals surface area contributed by atoms with E-state index in [1.54, 1.807) is 43.6 Å². The van der Waals surface area contributed by atoms with Crippen molar-refractivity contribution in [1.29, 1.82) is 0 Å². The number of aliphatic hydroxyl groups is 2. The van der Waals surface area contributed by atoms with E-state index < -0.39 is 35.0 Å². The van der Waals surface area contributed by atoms with Crippen molar-refractivity contribution < 1.29 is 29.6 Å². The molecule has 0 bridgehead atoms. The van der Waals surface area contributed by atoms with Gasteiger partial charge in [-0.15, -0.1) is 0 Å². The molecule has 3 heterocycles. The second kappa shape index (κ2) is 15.2. The number of phenols is 1. The van der Waals surface area contributed by atoms with E-state index in [-0.39, 0.29) is 42.1 Å². The maximum absolute atomic E-state index is 13.7. The van der Waals surface area contributed by atoms with Gasteiger partial charge in [-0.25, -0.2) is 19.8 Å². The van der Waals surface area contributed by atoms with Gasteiger partial charge in [0, 0.05) is 55.3 Å². The summed E-state index contributed by atoms with van der Waals surface area (Å²) in [6.07, 6.45) is 8.04. The minimum absolute atomic E-state index is 0.0547. The molecular formula is C40H51N7O6. The number of aliphatic hydroxyl groups excluding tert-OH is 2. The first-order valence-corrected chi connectivity index (χ1v) is 18.2. The molecule has 2 saturated carbocycles. The van der Waals surface area contributed by atoms with Crippen molar-refractivity contribution >= 4 is 41.6 Å². The van der Waals surface area contributed by atoms with Crippen LogP contribution in [0, 0.1) is 22.7 Å². The number of hydrogen-bond donors (Lipinski definition) is 6. The van der Waals surface area contributed by atoms with Crippen molar-refractivity contribution in [1.82, 2.24) is 15.6 Å². The second-order valence-corrected chi connectivity index (χ2v) is 15.4. The van der Waals surface area contributed by atoms with Crippen LogP contribution in [-0.2, 0) is 14.3 Å². The SMILES string of the molecule is C=C1C(NC(C)C(=O)NC2=NCC=N2)CC2[C@](C)(CC[C@@H](O)[C@@]2(C)CO)C1CC(Nc1ccccn1)C1=C/C(=C\c2ccc(N(C)C)cc2O)OC1=O. The van der Waals surface area contributed by atoms with Gasteiger partial charge >= 0.3 is 5.97 Å². The zero-order chi connectivity index (χ0) is 38.1. The highest BCUT2D eigenvalue weighted by atomic mass is 16.5. The number of guanidine groups is 1. The number of rotatable bonds is 11. The van der Waals surface area contributed by atoms with E-state index in [2.05, 4.69) is 44.4 Å². The first-order valence-electron chi connectivity index (χ1n) is 18.2. The molecule has 6 N–H and O–H groups in total. The van der Waals surface area contributed by atoms with Gasteiger partial charge in [0.25, 0.3) is 0 Å². The minimum Gasteiger partial charge on any atom is -0.507 e. The van der Waals surface area contributed by atoms with Crippen molar-refractivity contribution in [3.05, 3.63) is 77.7 Å². The van der Waals surface area contributed by atoms with E-state index in [0.29, 0.717) is 54.9 Å². The molecule has 1 amide bonds. The summed E-state index contributed by atoms with van der Waals surface area (Å²) < 4.78 is 5.78. The van der Waals surface area contributed by atoms with Gasteiger partial charge in [-0.05, 0) is 86.3 Å². The fraction of sp³-hybridized carbons (Fsp3) is 0.475. The minimum atomic E-state index is -0.819. The average molecular weight is 726 g/mol. The van der Waals surface area contributed by atoms with E-state index in [4.69, 9.17) is 4.74 Å². The fourth-order valence-electron chi connectivity index (χ4n) is 8.65. The molecule has 2 aromatic rings. The van der Waals surface area contributed by atoms with Gasteiger partial charge in [0.15, 0.2) is 0 Å². The van der Waals surface area contributed by atoms with E-state index in [0.717, 1.165) is 11.3 Å². The van der Waals surface area contributed by atoms with Crippen LogP contribution in [0.1, 0.15) is 52.0 Å². The molecule has 53 heavy (non-hydrogen) atoms. The van der Waals surface area contributed by atoms with Crippen molar-refractivity contribution in [3.63, 3.8) is 0 Å². The third-order valence-corrected chi connectivity index (χ3v) is 11.8. The Morgan fingerprint density at radius 1 is 1.23 bits per heavy atom. The predicted molar refractivity (Wildman–Crippen MR) is 205 cm³/mol. The molecule has 1 aromatic heterocycles. The van der Waals surface area contributed by atoms with Gasteiger partial charge in [-0.1, -0.05) is 32.1 Å². The number of ether oxygens (including phenoxy) is 1. The number of aromatic nitrogens is 1. The summed E-state index contributed by atoms with van der Waals surface area (Å²) in [6.45, 7) is 10.8. The van der Waals surface area contributed by atoms with Gasteiger partial charge in [-0.3, -0.25) is 15.4 Å². The highest BCUT2D eigenvalue weighted by Crippen LogP contribution is 2.62. The molecule has 2 aliphatic carbocycles. The number of cyclic esters (lactones) is 1. The molecule has 0 radical (unpaired) electrons. The van der Waals surface area contributed by atoms with Crippen molar-refractivity contribution in [2.24, 2.45) is 32.7 Å². The number of pyridine rings is 1. The van der Waals surface area contributed by atoms with Crippen molar-refractivity contribution in [3.8, 4) is 5.75 Å². The Labute approximate surface area is 310 Å². The van der Waals surface area contributed by atoms with Crippen LogP contribution in [0.15, 0.2) is 82.1 Å². The lowest BCUT2D eigenvalue weighted by atomic mass is 9.45. The number of anilines is 2. The number of esters is 1. The molecule has 2 aliphatic heterocycles. The molecule has 6 rings (SSSR count). The Morgan fingerprint density at radius 2 is 2.02 bits per heavy atom. The van der Waals surface area contributed by atoms with Gasteiger partial charge in [0.2, 0.25) is 11.9 Å². The monoisotopic (exact) mass is 725 g/mol. The molecule has 13 heteroatoms. The van der Waals surface area contributed by atoms with Gasteiger partial charge in [0.05, 0.1) is 36.9 Å². The second-order valence-electron chi connectivity index (χ2n) is 15.4. The quantitative estimate of drug-likeness (QED) is 0.147. The molecule has 8 atom stereocenters. The first kappa shape index (κ1) is 37.9. The maximum atomic E-state index is 13.7. The third-order valence-electron chi connectivity index (χ3n) is 11.8. The fourth-order valence-corrected chi connectivity index (χ4v) is 8.65. The number of amides is 1. The van der Waals surface area contributed by atoms with Crippen molar-refractivity contribution in [2.45, 2.75) is 70.7 Å². The standard InChI is InChI=1S/C40H51N7O6/c1-23-29(39(3)13-12-34(50)40(4,22-48)33(39)21-30(23)44-24(2)36(51)46-38-42-15-16-43-38)20-31(45-35-9-7-8-14-41-35)28-19-27(53-37(28)52)17-25-10-11-26(47(5)6)18-32(25)49/h7-11,14-15,17-19,24,29-31,33-34,44,48-50H,1,12-13,16,20-22H2,2-6H3,(H,41,45)(H,43,46,51)/b27-17+/t24?,29?,30?,31?,33?,34-,39-,40+/m1/s1. The topological polar surface area (TPSA) is 181 Å². The first-order chi connectivity index (χ1) is 25.2. The van der Waals surface area contributed by atoms with Crippen LogP contribution in [0.3, 0.4) is 0 Å². The molecule has 282 valence electrons. The third kappa shape index (κ3) is 7.64. The number of aliphatic imine (C=N–C) groups is 2. The number of aromatic hydroxyl groups is 1. The molecule has 0 saturated heterocycles. The highest BCUT2D eigenvalue weighted by Gasteiger charge is 2.60. The molecule has 4 aliphatic rings. The molecule has 5 unspecified atom stereocenters.